The van der Waals surface area contributed by atoms with Crippen LogP contribution >= 0.6 is 0 Å². The van der Waals surface area contributed by atoms with Crippen molar-refractivity contribution >= 4 is 5.91 Å². The number of benzene rings is 1. The quantitative estimate of drug-likeness (QED) is 0.755. The molecule has 1 rings (SSSR count). The fourth-order valence-corrected chi connectivity index (χ4v) is 1.56. The maximum atomic E-state index is 13.3. The van der Waals surface area contributed by atoms with E-state index in [1.54, 1.807) is 25.2 Å². The fourth-order valence-electron chi connectivity index (χ4n) is 1.56. The van der Waals surface area contributed by atoms with Gasteiger partial charge < -0.3 is 10.4 Å². The highest BCUT2D eigenvalue weighted by atomic mass is 19.1. The van der Waals surface area contributed by atoms with Crippen molar-refractivity contribution in [1.82, 2.24) is 10.2 Å². The average molecular weight is 254 g/mol. The third kappa shape index (κ3) is 5.25. The number of carbonyl (C=O) groups excluding carboxylic acids is 1. The van der Waals surface area contributed by atoms with Gasteiger partial charge in [0.1, 0.15) is 5.82 Å². The van der Waals surface area contributed by atoms with Gasteiger partial charge in [-0.15, -0.1) is 0 Å². The summed E-state index contributed by atoms with van der Waals surface area (Å²) in [5, 5.41) is 11.3. The second-order valence-electron chi connectivity index (χ2n) is 4.18. The van der Waals surface area contributed by atoms with E-state index in [1.165, 1.54) is 6.07 Å². The minimum Gasteiger partial charge on any atom is -0.396 e. The highest BCUT2D eigenvalue weighted by molar-refractivity contribution is 5.77. The average Bonchev–Trinajstić information content (AvgIpc) is 2.35. The number of hydrogen-bond acceptors (Lipinski definition) is 3. The Kier molecular flexibility index (Phi) is 6.32. The van der Waals surface area contributed by atoms with Crippen molar-refractivity contribution in [3.8, 4) is 0 Å². The standard InChI is InChI=1S/C13H19FN2O2/c1-16(7-4-8-17)10-13(18)15-9-11-5-2-3-6-12(11)14/h2-3,5-6,17H,4,7-10H2,1H3,(H,15,18). The summed E-state index contributed by atoms with van der Waals surface area (Å²) in [7, 11) is 1.80. The van der Waals surface area contributed by atoms with Gasteiger partial charge in [-0.1, -0.05) is 18.2 Å². The van der Waals surface area contributed by atoms with Crippen molar-refractivity contribution in [3.63, 3.8) is 0 Å². The summed E-state index contributed by atoms with van der Waals surface area (Å²) >= 11 is 0. The number of nitrogens with zero attached hydrogens (tertiary/aromatic N) is 1. The van der Waals surface area contributed by atoms with Gasteiger partial charge in [-0.2, -0.15) is 0 Å². The van der Waals surface area contributed by atoms with Crippen LogP contribution in [0.1, 0.15) is 12.0 Å². The molecule has 18 heavy (non-hydrogen) atoms. The van der Waals surface area contributed by atoms with Gasteiger partial charge in [0.25, 0.3) is 0 Å². The molecular formula is C13H19FN2O2. The van der Waals surface area contributed by atoms with Gasteiger partial charge in [0, 0.05) is 25.3 Å². The first kappa shape index (κ1) is 14.6. The van der Waals surface area contributed by atoms with E-state index in [0.29, 0.717) is 18.5 Å². The van der Waals surface area contributed by atoms with Gasteiger partial charge in [-0.05, 0) is 19.5 Å². The van der Waals surface area contributed by atoms with Crippen LogP contribution in [0.15, 0.2) is 24.3 Å². The Morgan fingerprint density at radius 1 is 1.44 bits per heavy atom. The van der Waals surface area contributed by atoms with Crippen LogP contribution in [0.25, 0.3) is 0 Å². The van der Waals surface area contributed by atoms with Gasteiger partial charge in [-0.3, -0.25) is 9.69 Å². The summed E-state index contributed by atoms with van der Waals surface area (Å²) < 4.78 is 13.3. The Balaban J connectivity index is 2.31. The van der Waals surface area contributed by atoms with Crippen molar-refractivity contribution in [2.75, 3.05) is 26.7 Å². The lowest BCUT2D eigenvalue weighted by Crippen LogP contribution is -2.35. The fraction of sp³-hybridized carbons (Fsp3) is 0.462. The summed E-state index contributed by atoms with van der Waals surface area (Å²) in [6, 6.07) is 6.36. The summed E-state index contributed by atoms with van der Waals surface area (Å²) in [6.45, 7) is 1.21. The number of hydrogen-bond donors (Lipinski definition) is 2. The van der Waals surface area contributed by atoms with Crippen molar-refractivity contribution < 1.29 is 14.3 Å². The van der Waals surface area contributed by atoms with Crippen molar-refractivity contribution in [3.05, 3.63) is 35.6 Å². The monoisotopic (exact) mass is 254 g/mol. The van der Waals surface area contributed by atoms with Crippen molar-refractivity contribution in [2.45, 2.75) is 13.0 Å². The summed E-state index contributed by atoms with van der Waals surface area (Å²) in [4.78, 5) is 13.4. The minimum atomic E-state index is -0.313. The number of halogens is 1. The van der Waals surface area contributed by atoms with E-state index < -0.39 is 0 Å². The molecule has 100 valence electrons. The summed E-state index contributed by atoms with van der Waals surface area (Å²) in [5.74, 6) is -0.467. The third-order valence-electron chi connectivity index (χ3n) is 2.55. The van der Waals surface area contributed by atoms with E-state index >= 15 is 0 Å². The molecular weight excluding hydrogens is 235 g/mol. The predicted molar refractivity (Wildman–Crippen MR) is 67.4 cm³/mol. The molecule has 0 heterocycles. The normalized spacial score (nSPS) is 10.7. The summed E-state index contributed by atoms with van der Waals surface area (Å²) in [5.41, 5.74) is 0.476. The van der Waals surface area contributed by atoms with Crippen LogP contribution in [0.3, 0.4) is 0 Å². The molecule has 1 amide bonds. The Labute approximate surface area is 106 Å². The zero-order chi connectivity index (χ0) is 13.4. The van der Waals surface area contributed by atoms with Crippen molar-refractivity contribution in [2.24, 2.45) is 0 Å². The van der Waals surface area contributed by atoms with Gasteiger partial charge in [-0.25, -0.2) is 4.39 Å². The maximum absolute atomic E-state index is 13.3. The first-order chi connectivity index (χ1) is 8.63. The number of nitrogens with one attached hydrogen (secondary N) is 1. The summed E-state index contributed by atoms with van der Waals surface area (Å²) in [6.07, 6.45) is 0.636. The first-order valence-corrected chi connectivity index (χ1v) is 5.93. The number of rotatable bonds is 7. The molecule has 0 atom stereocenters. The molecule has 2 N–H and O–H groups in total. The van der Waals surface area contributed by atoms with Crippen LogP contribution in [0.4, 0.5) is 4.39 Å². The van der Waals surface area contributed by atoms with Gasteiger partial charge in [0.15, 0.2) is 0 Å². The second kappa shape index (κ2) is 7.79. The zero-order valence-electron chi connectivity index (χ0n) is 10.5. The first-order valence-electron chi connectivity index (χ1n) is 5.93. The Hall–Kier alpha value is -1.46. The second-order valence-corrected chi connectivity index (χ2v) is 4.18. The van der Waals surface area contributed by atoms with Crippen LogP contribution in [-0.2, 0) is 11.3 Å². The van der Waals surface area contributed by atoms with E-state index in [4.69, 9.17) is 5.11 Å². The van der Waals surface area contributed by atoms with E-state index in [2.05, 4.69) is 5.32 Å². The minimum absolute atomic E-state index is 0.112. The molecule has 0 aliphatic rings. The van der Waals surface area contributed by atoms with Crippen LogP contribution in [0, 0.1) is 5.82 Å². The SMILES string of the molecule is CN(CCCO)CC(=O)NCc1ccccc1F. The largest absolute Gasteiger partial charge is 0.396 e. The Bertz CT molecular complexity index is 385. The number of aliphatic hydroxyl groups is 1. The number of aliphatic hydroxyl groups excluding tert-OH is 1. The van der Waals surface area contributed by atoms with Crippen molar-refractivity contribution in [1.29, 1.82) is 0 Å². The van der Waals surface area contributed by atoms with E-state index in [9.17, 15) is 9.18 Å². The molecule has 0 radical (unpaired) electrons. The molecule has 0 aliphatic carbocycles. The van der Waals surface area contributed by atoms with E-state index in [0.717, 1.165) is 0 Å². The molecule has 1 aromatic rings. The third-order valence-corrected chi connectivity index (χ3v) is 2.55. The lowest BCUT2D eigenvalue weighted by atomic mass is 10.2. The lowest BCUT2D eigenvalue weighted by Gasteiger charge is -2.15. The molecule has 0 saturated heterocycles. The molecule has 0 aliphatic heterocycles. The molecule has 0 aromatic heterocycles. The highest BCUT2D eigenvalue weighted by Crippen LogP contribution is 2.05. The number of amides is 1. The van der Waals surface area contributed by atoms with Crippen LogP contribution in [0.2, 0.25) is 0 Å². The number of carbonyl (C=O) groups is 1. The number of likely N-dealkylation sites (N-methyl/N-ethyl adjacent to an activating group) is 1. The van der Waals surface area contributed by atoms with Crippen LogP contribution < -0.4 is 5.32 Å². The molecule has 1 aromatic carbocycles. The van der Waals surface area contributed by atoms with E-state index in [1.807, 2.05) is 4.90 Å². The topological polar surface area (TPSA) is 52.6 Å². The molecule has 5 heteroatoms. The molecule has 0 spiro atoms. The smallest absolute Gasteiger partial charge is 0.234 e. The molecule has 0 saturated carbocycles. The van der Waals surface area contributed by atoms with Crippen LogP contribution in [-0.4, -0.2) is 42.7 Å². The predicted octanol–water partition coefficient (Wildman–Crippen LogP) is 0.756. The Morgan fingerprint density at radius 3 is 2.83 bits per heavy atom. The lowest BCUT2D eigenvalue weighted by molar-refractivity contribution is -0.122. The maximum Gasteiger partial charge on any atom is 0.234 e. The molecule has 0 fully saturated rings. The van der Waals surface area contributed by atoms with Gasteiger partial charge in [0.05, 0.1) is 6.54 Å². The molecule has 0 unspecified atom stereocenters. The molecule has 0 bridgehead atoms. The van der Waals surface area contributed by atoms with E-state index in [-0.39, 0.29) is 31.4 Å². The van der Waals surface area contributed by atoms with Gasteiger partial charge in [0.2, 0.25) is 5.91 Å². The van der Waals surface area contributed by atoms with Crippen LogP contribution in [0.5, 0.6) is 0 Å². The molecule has 4 nitrogen and oxygen atoms in total. The highest BCUT2D eigenvalue weighted by Gasteiger charge is 2.07. The van der Waals surface area contributed by atoms with Gasteiger partial charge >= 0.3 is 0 Å². The Morgan fingerprint density at radius 2 is 2.17 bits per heavy atom. The zero-order valence-corrected chi connectivity index (χ0v) is 10.5.